The molecule has 2 N–H and O–H groups in total. The number of nitrogens with zero attached hydrogens (tertiary/aromatic N) is 1. The Balaban J connectivity index is 2.75. The first-order valence-electron chi connectivity index (χ1n) is 4.14. The maximum Gasteiger partial charge on any atom is 0.226 e. The minimum absolute atomic E-state index is 0.339. The average Bonchev–Trinajstić information content (AvgIpc) is 2.67. The van der Waals surface area contributed by atoms with Crippen LogP contribution in [-0.4, -0.2) is 23.6 Å². The van der Waals surface area contributed by atoms with E-state index < -0.39 is 15.2 Å². The SMILES string of the molecule is CCC(NS(=O)(=O)CCl)c1ncc[nH]1. The van der Waals surface area contributed by atoms with Crippen molar-refractivity contribution in [1.29, 1.82) is 0 Å². The van der Waals surface area contributed by atoms with Gasteiger partial charge in [-0.3, -0.25) is 0 Å². The van der Waals surface area contributed by atoms with E-state index in [9.17, 15) is 8.42 Å². The number of aromatic amines is 1. The molecular weight excluding hydrogens is 226 g/mol. The highest BCUT2D eigenvalue weighted by Crippen LogP contribution is 2.12. The summed E-state index contributed by atoms with van der Waals surface area (Å²) in [7, 11) is -3.40. The highest BCUT2D eigenvalue weighted by Gasteiger charge is 2.18. The second-order valence-corrected chi connectivity index (χ2v) is 5.12. The van der Waals surface area contributed by atoms with Crippen molar-refractivity contribution in [1.82, 2.24) is 14.7 Å². The van der Waals surface area contributed by atoms with E-state index in [4.69, 9.17) is 11.6 Å². The van der Waals surface area contributed by atoms with Gasteiger partial charge in [0.05, 0.1) is 6.04 Å². The molecule has 0 saturated heterocycles. The first kappa shape index (κ1) is 11.5. The molecule has 0 aliphatic rings. The zero-order chi connectivity index (χ0) is 10.6. The number of aromatic nitrogens is 2. The molecule has 14 heavy (non-hydrogen) atoms. The van der Waals surface area contributed by atoms with Crippen LogP contribution < -0.4 is 4.72 Å². The first-order chi connectivity index (χ1) is 6.59. The van der Waals surface area contributed by atoms with Crippen LogP contribution in [0.3, 0.4) is 0 Å². The van der Waals surface area contributed by atoms with E-state index in [1.54, 1.807) is 12.4 Å². The van der Waals surface area contributed by atoms with Crippen molar-refractivity contribution in [3.8, 4) is 0 Å². The number of hydrogen-bond acceptors (Lipinski definition) is 3. The summed E-state index contributed by atoms with van der Waals surface area (Å²) in [5, 5.41) is -0.440. The number of alkyl halides is 1. The Bertz CT molecular complexity index is 362. The minimum Gasteiger partial charge on any atom is -0.347 e. The van der Waals surface area contributed by atoms with Crippen LogP contribution >= 0.6 is 11.6 Å². The van der Waals surface area contributed by atoms with Crippen LogP contribution in [0.2, 0.25) is 0 Å². The van der Waals surface area contributed by atoms with Crippen molar-refractivity contribution in [3.05, 3.63) is 18.2 Å². The standard InChI is InChI=1S/C7H12ClN3O2S/c1-2-6(7-9-3-4-10-7)11-14(12,13)5-8/h3-4,6,11H,2,5H2,1H3,(H,9,10). The van der Waals surface area contributed by atoms with Gasteiger partial charge in [-0.15, -0.1) is 11.6 Å². The molecule has 0 spiro atoms. The maximum absolute atomic E-state index is 11.2. The molecule has 1 atom stereocenters. The molecule has 0 amide bonds. The van der Waals surface area contributed by atoms with E-state index in [1.807, 2.05) is 6.92 Å². The van der Waals surface area contributed by atoms with Gasteiger partial charge in [0, 0.05) is 12.4 Å². The Morgan fingerprint density at radius 1 is 1.71 bits per heavy atom. The quantitative estimate of drug-likeness (QED) is 0.750. The average molecular weight is 238 g/mol. The van der Waals surface area contributed by atoms with Gasteiger partial charge in [0.1, 0.15) is 11.0 Å². The summed E-state index contributed by atoms with van der Waals surface area (Å²) in [5.74, 6) is 0.598. The smallest absolute Gasteiger partial charge is 0.226 e. The predicted molar refractivity (Wildman–Crippen MR) is 54.4 cm³/mol. The van der Waals surface area contributed by atoms with Crippen molar-refractivity contribution in [2.24, 2.45) is 0 Å². The molecule has 1 aromatic heterocycles. The van der Waals surface area contributed by atoms with Gasteiger partial charge in [0.2, 0.25) is 10.0 Å². The van der Waals surface area contributed by atoms with Gasteiger partial charge in [-0.2, -0.15) is 0 Å². The van der Waals surface area contributed by atoms with Crippen molar-refractivity contribution in [2.75, 3.05) is 5.21 Å². The highest BCUT2D eigenvalue weighted by molar-refractivity contribution is 7.90. The third kappa shape index (κ3) is 2.97. The van der Waals surface area contributed by atoms with E-state index in [-0.39, 0.29) is 6.04 Å². The van der Waals surface area contributed by atoms with E-state index in [0.29, 0.717) is 12.2 Å². The Morgan fingerprint density at radius 2 is 2.43 bits per heavy atom. The largest absolute Gasteiger partial charge is 0.347 e. The van der Waals surface area contributed by atoms with E-state index >= 15 is 0 Å². The van der Waals surface area contributed by atoms with Crippen molar-refractivity contribution >= 4 is 21.6 Å². The second-order valence-electron chi connectivity index (χ2n) is 2.78. The summed E-state index contributed by atoms with van der Waals surface area (Å²) in [6.45, 7) is 1.87. The van der Waals surface area contributed by atoms with Crippen molar-refractivity contribution in [3.63, 3.8) is 0 Å². The molecule has 0 radical (unpaired) electrons. The number of H-pyrrole nitrogens is 1. The van der Waals surface area contributed by atoms with E-state index in [1.165, 1.54) is 0 Å². The number of sulfonamides is 1. The van der Waals surface area contributed by atoms with Gasteiger partial charge in [0.15, 0.2) is 0 Å². The summed E-state index contributed by atoms with van der Waals surface area (Å²) >= 11 is 5.27. The lowest BCUT2D eigenvalue weighted by molar-refractivity contribution is 0.543. The van der Waals surface area contributed by atoms with Gasteiger partial charge in [-0.1, -0.05) is 6.92 Å². The van der Waals surface area contributed by atoms with Crippen LogP contribution in [0.25, 0.3) is 0 Å². The molecule has 5 nitrogen and oxygen atoms in total. The highest BCUT2D eigenvalue weighted by atomic mass is 35.5. The third-order valence-corrected chi connectivity index (χ3v) is 3.52. The fourth-order valence-electron chi connectivity index (χ4n) is 1.05. The molecule has 0 aliphatic heterocycles. The summed E-state index contributed by atoms with van der Waals surface area (Å²) in [6.07, 6.45) is 3.84. The number of rotatable bonds is 5. The monoisotopic (exact) mass is 237 g/mol. The van der Waals surface area contributed by atoms with Gasteiger partial charge in [0.25, 0.3) is 0 Å². The van der Waals surface area contributed by atoms with Gasteiger partial charge >= 0.3 is 0 Å². The topological polar surface area (TPSA) is 74.8 Å². The summed E-state index contributed by atoms with van der Waals surface area (Å²) in [6, 6.07) is -0.339. The number of hydrogen-bond donors (Lipinski definition) is 2. The summed E-state index contributed by atoms with van der Waals surface area (Å²) in [4.78, 5) is 6.83. The summed E-state index contributed by atoms with van der Waals surface area (Å²) in [5.41, 5.74) is 0. The molecule has 80 valence electrons. The number of halogens is 1. The Kier molecular flexibility index (Phi) is 3.91. The molecule has 0 aliphatic carbocycles. The zero-order valence-electron chi connectivity index (χ0n) is 7.70. The maximum atomic E-state index is 11.2. The van der Waals surface area contributed by atoms with Crippen LogP contribution in [0.15, 0.2) is 12.4 Å². The molecule has 0 aromatic carbocycles. The molecular formula is C7H12ClN3O2S. The zero-order valence-corrected chi connectivity index (χ0v) is 9.27. The van der Waals surface area contributed by atoms with Crippen LogP contribution in [0.5, 0.6) is 0 Å². The van der Waals surface area contributed by atoms with Crippen LogP contribution in [0.1, 0.15) is 25.2 Å². The van der Waals surface area contributed by atoms with E-state index in [0.717, 1.165) is 0 Å². The second kappa shape index (κ2) is 4.77. The van der Waals surface area contributed by atoms with Gasteiger partial charge < -0.3 is 4.98 Å². The molecule has 1 aromatic rings. The molecule has 0 fully saturated rings. The molecule has 0 bridgehead atoms. The molecule has 0 saturated carbocycles. The van der Waals surface area contributed by atoms with Gasteiger partial charge in [-0.25, -0.2) is 18.1 Å². The molecule has 7 heteroatoms. The lowest BCUT2D eigenvalue weighted by Crippen LogP contribution is -2.29. The fraction of sp³-hybridized carbons (Fsp3) is 0.571. The molecule has 1 heterocycles. The Morgan fingerprint density at radius 3 is 2.86 bits per heavy atom. The third-order valence-electron chi connectivity index (χ3n) is 1.72. The summed E-state index contributed by atoms with van der Waals surface area (Å²) < 4.78 is 24.8. The van der Waals surface area contributed by atoms with Crippen molar-refractivity contribution < 1.29 is 8.42 Å². The molecule has 1 rings (SSSR count). The Labute approximate surface area is 87.9 Å². The van der Waals surface area contributed by atoms with E-state index in [2.05, 4.69) is 14.7 Å². The molecule has 1 unspecified atom stereocenters. The van der Waals surface area contributed by atoms with Gasteiger partial charge in [-0.05, 0) is 6.42 Å². The minimum atomic E-state index is -3.40. The number of imidazole rings is 1. The Hall–Kier alpha value is -0.590. The predicted octanol–water partition coefficient (Wildman–Crippen LogP) is 0.976. The normalized spacial score (nSPS) is 14.1. The first-order valence-corrected chi connectivity index (χ1v) is 6.33. The lowest BCUT2D eigenvalue weighted by atomic mass is 10.2. The lowest BCUT2D eigenvalue weighted by Gasteiger charge is -2.13. The van der Waals surface area contributed by atoms with Crippen LogP contribution in [0, 0.1) is 0 Å². The fourth-order valence-corrected chi connectivity index (χ4v) is 2.01. The van der Waals surface area contributed by atoms with Crippen LogP contribution in [-0.2, 0) is 10.0 Å². The number of nitrogens with one attached hydrogen (secondary N) is 2. The van der Waals surface area contributed by atoms with Crippen LogP contribution in [0.4, 0.5) is 0 Å². The van der Waals surface area contributed by atoms with Crippen molar-refractivity contribution in [2.45, 2.75) is 19.4 Å².